The van der Waals surface area contributed by atoms with Crippen LogP contribution in [0.1, 0.15) is 77.0 Å². The van der Waals surface area contributed by atoms with Crippen LogP contribution in [0.15, 0.2) is 16.8 Å². The normalized spacial score (nSPS) is 27.8. The molecular weight excluding hydrogens is 276 g/mol. The van der Waals surface area contributed by atoms with Gasteiger partial charge < -0.3 is 5.43 Å². The minimum absolute atomic E-state index is 0.0195. The second kappa shape index (κ2) is 9.54. The third-order valence-electron chi connectivity index (χ3n) is 4.41. The van der Waals surface area contributed by atoms with Crippen molar-refractivity contribution in [1.29, 1.82) is 0 Å². The van der Waals surface area contributed by atoms with Gasteiger partial charge in [0.25, 0.3) is 0 Å². The zero-order chi connectivity index (χ0) is 15.6. The molecule has 2 rings (SSSR count). The highest BCUT2D eigenvalue weighted by Gasteiger charge is 2.22. The zero-order valence-electron chi connectivity index (χ0n) is 13.5. The number of nitrogens with one attached hydrogen (secondary N) is 1. The molecule has 1 N–H and O–H groups in total. The molecule has 0 atom stereocenters. The van der Waals surface area contributed by atoms with E-state index < -0.39 is 0 Å². The Morgan fingerprint density at radius 1 is 0.773 bits per heavy atom. The molecule has 0 amide bonds. The van der Waals surface area contributed by atoms with E-state index in [2.05, 4.69) is 10.5 Å². The van der Waals surface area contributed by atoms with Crippen LogP contribution in [0.2, 0.25) is 0 Å². The fourth-order valence-electron chi connectivity index (χ4n) is 3.05. The first-order valence-electron chi connectivity index (χ1n) is 8.86. The van der Waals surface area contributed by atoms with E-state index in [0.717, 1.165) is 57.9 Å². The van der Waals surface area contributed by atoms with E-state index in [1.54, 1.807) is 0 Å². The summed E-state index contributed by atoms with van der Waals surface area (Å²) in [5.41, 5.74) is 3.94. The largest absolute Gasteiger partial charge is 0.309 e. The number of ketones is 2. The molecule has 0 fully saturated rings. The first-order valence-corrected chi connectivity index (χ1v) is 8.86. The Bertz CT molecular complexity index is 410. The van der Waals surface area contributed by atoms with E-state index in [0.29, 0.717) is 24.1 Å². The number of hydrogen-bond acceptors (Lipinski definition) is 4. The molecule has 0 saturated carbocycles. The Labute approximate surface area is 133 Å². The van der Waals surface area contributed by atoms with E-state index in [1.165, 1.54) is 12.8 Å². The van der Waals surface area contributed by atoms with E-state index in [4.69, 9.17) is 0 Å². The summed E-state index contributed by atoms with van der Waals surface area (Å²) in [5, 5.41) is 4.29. The highest BCUT2D eigenvalue weighted by Crippen LogP contribution is 2.17. The molecule has 0 aromatic carbocycles. The number of rotatable bonds is 1. The van der Waals surface area contributed by atoms with Crippen LogP contribution in [-0.4, -0.2) is 23.8 Å². The van der Waals surface area contributed by atoms with Gasteiger partial charge in [0, 0.05) is 25.0 Å². The molecule has 4 heteroatoms. The lowest BCUT2D eigenvalue weighted by molar-refractivity contribution is -0.116. The van der Waals surface area contributed by atoms with Crippen molar-refractivity contribution in [2.45, 2.75) is 77.0 Å². The highest BCUT2D eigenvalue weighted by atomic mass is 16.1. The van der Waals surface area contributed by atoms with Gasteiger partial charge in [-0.3, -0.25) is 9.59 Å². The van der Waals surface area contributed by atoms with Crippen molar-refractivity contribution in [2.75, 3.05) is 6.54 Å². The summed E-state index contributed by atoms with van der Waals surface area (Å²) in [4.78, 5) is 25.0. The number of nitrogens with zero attached hydrogens (tertiary/aromatic N) is 1. The topological polar surface area (TPSA) is 58.5 Å². The van der Waals surface area contributed by atoms with Crippen LogP contribution in [0, 0.1) is 0 Å². The van der Waals surface area contributed by atoms with Gasteiger partial charge in [0.2, 0.25) is 0 Å². The molecule has 0 unspecified atom stereocenters. The number of carbonyl (C=O) groups excluding carboxylic acids is 2. The molecule has 0 aromatic rings. The van der Waals surface area contributed by atoms with E-state index in [1.807, 2.05) is 6.08 Å². The van der Waals surface area contributed by atoms with E-state index >= 15 is 0 Å². The Morgan fingerprint density at radius 3 is 2.23 bits per heavy atom. The molecule has 4 nitrogen and oxygen atoms in total. The Kier molecular flexibility index (Phi) is 7.34. The maximum Gasteiger partial charge on any atom is 0.183 e. The maximum atomic E-state index is 12.5. The Balaban J connectivity index is 2.19. The van der Waals surface area contributed by atoms with Gasteiger partial charge in [0.1, 0.15) is 5.71 Å². The van der Waals surface area contributed by atoms with Gasteiger partial charge in [-0.25, -0.2) is 0 Å². The molecule has 0 spiro atoms. The van der Waals surface area contributed by atoms with Crippen LogP contribution in [-0.2, 0) is 9.59 Å². The molecule has 1 aliphatic heterocycles. The molecule has 1 heterocycles. The quantitative estimate of drug-likeness (QED) is 0.803. The van der Waals surface area contributed by atoms with Gasteiger partial charge in [0.05, 0.1) is 0 Å². The average molecular weight is 304 g/mol. The lowest BCUT2D eigenvalue weighted by atomic mass is 9.93. The SMILES string of the molecule is O=C1CCCCCCC/C=C1\C1=N/NCCCCCCC1=O. The standard InChI is InChI=1S/C18H28N2O2/c21-16-12-8-4-2-1-3-7-11-15(16)18-17(22)13-9-5-6-10-14-19-20-18/h11,19H,1-10,12-14H2/b15-11-,20-18+. The molecule has 1 aliphatic carbocycles. The van der Waals surface area contributed by atoms with Gasteiger partial charge in [0.15, 0.2) is 11.6 Å². The molecule has 0 saturated heterocycles. The van der Waals surface area contributed by atoms with Crippen LogP contribution in [0.5, 0.6) is 0 Å². The van der Waals surface area contributed by atoms with Crippen LogP contribution < -0.4 is 5.43 Å². The number of allylic oxidation sites excluding steroid dienone is 2. The summed E-state index contributed by atoms with van der Waals surface area (Å²) in [7, 11) is 0. The minimum Gasteiger partial charge on any atom is -0.309 e. The number of hydrogen-bond donors (Lipinski definition) is 1. The fourth-order valence-corrected chi connectivity index (χ4v) is 3.05. The monoisotopic (exact) mass is 304 g/mol. The number of carbonyl (C=O) groups is 2. The van der Waals surface area contributed by atoms with Crippen LogP contribution in [0.25, 0.3) is 0 Å². The van der Waals surface area contributed by atoms with E-state index in [9.17, 15) is 9.59 Å². The van der Waals surface area contributed by atoms with Crippen molar-refractivity contribution >= 4 is 17.3 Å². The summed E-state index contributed by atoms with van der Waals surface area (Å²) < 4.78 is 0. The zero-order valence-corrected chi connectivity index (χ0v) is 13.5. The van der Waals surface area contributed by atoms with Gasteiger partial charge in [-0.2, -0.15) is 5.10 Å². The van der Waals surface area contributed by atoms with Crippen molar-refractivity contribution in [3.8, 4) is 0 Å². The van der Waals surface area contributed by atoms with E-state index in [-0.39, 0.29) is 11.6 Å². The molecule has 0 bridgehead atoms. The summed E-state index contributed by atoms with van der Waals surface area (Å²) in [6.07, 6.45) is 13.6. The fraction of sp³-hybridized carbons (Fsp3) is 0.722. The number of hydrazone groups is 1. The lowest BCUT2D eigenvalue weighted by Crippen LogP contribution is -2.26. The van der Waals surface area contributed by atoms with Crippen molar-refractivity contribution in [1.82, 2.24) is 5.43 Å². The van der Waals surface area contributed by atoms with Crippen LogP contribution >= 0.6 is 0 Å². The van der Waals surface area contributed by atoms with Gasteiger partial charge in [-0.05, 0) is 32.1 Å². The second-order valence-corrected chi connectivity index (χ2v) is 6.30. The molecule has 0 aromatic heterocycles. The van der Waals surface area contributed by atoms with Crippen molar-refractivity contribution < 1.29 is 9.59 Å². The Hall–Kier alpha value is -1.45. The lowest BCUT2D eigenvalue weighted by Gasteiger charge is -2.13. The van der Waals surface area contributed by atoms with Gasteiger partial charge in [-0.15, -0.1) is 0 Å². The van der Waals surface area contributed by atoms with Gasteiger partial charge >= 0.3 is 0 Å². The maximum absolute atomic E-state index is 12.5. The first-order chi connectivity index (χ1) is 10.8. The van der Waals surface area contributed by atoms with Crippen LogP contribution in [0.4, 0.5) is 0 Å². The Morgan fingerprint density at radius 2 is 1.41 bits per heavy atom. The first kappa shape index (κ1) is 16.9. The molecule has 2 aliphatic rings. The third-order valence-corrected chi connectivity index (χ3v) is 4.41. The van der Waals surface area contributed by atoms with Crippen molar-refractivity contribution in [2.24, 2.45) is 5.10 Å². The predicted octanol–water partition coefficient (Wildman–Crippen LogP) is 3.71. The summed E-state index contributed by atoms with van der Waals surface area (Å²) >= 11 is 0. The molecule has 0 radical (unpaired) electrons. The molecule has 122 valence electrons. The highest BCUT2D eigenvalue weighted by molar-refractivity contribution is 6.51. The van der Waals surface area contributed by atoms with Crippen molar-refractivity contribution in [3.63, 3.8) is 0 Å². The van der Waals surface area contributed by atoms with Crippen molar-refractivity contribution in [3.05, 3.63) is 11.6 Å². The smallest absolute Gasteiger partial charge is 0.183 e. The second-order valence-electron chi connectivity index (χ2n) is 6.30. The minimum atomic E-state index is 0.0195. The summed E-state index contributed by atoms with van der Waals surface area (Å²) in [6.45, 7) is 0.776. The predicted molar refractivity (Wildman–Crippen MR) is 88.9 cm³/mol. The average Bonchev–Trinajstić information content (AvgIpc) is 2.53. The molecule has 22 heavy (non-hydrogen) atoms. The summed E-state index contributed by atoms with van der Waals surface area (Å²) in [5.74, 6) is 0.110. The van der Waals surface area contributed by atoms with Gasteiger partial charge in [-0.1, -0.05) is 38.2 Å². The van der Waals surface area contributed by atoms with Crippen LogP contribution in [0.3, 0.4) is 0 Å². The number of Topliss-reactive ketones (excluding diaryl/α,β-unsaturated/α-hetero) is 2. The third kappa shape index (κ3) is 5.39. The summed E-state index contributed by atoms with van der Waals surface area (Å²) in [6, 6.07) is 0. The molecular formula is C18H28N2O2.